The third-order valence-corrected chi connectivity index (χ3v) is 4.29. The van der Waals surface area contributed by atoms with E-state index in [-0.39, 0.29) is 5.91 Å². The molecule has 1 amide bonds. The summed E-state index contributed by atoms with van der Waals surface area (Å²) < 4.78 is 5.57. The number of amides is 1. The van der Waals surface area contributed by atoms with Crippen molar-refractivity contribution in [1.82, 2.24) is 10.2 Å². The summed E-state index contributed by atoms with van der Waals surface area (Å²) in [6.07, 6.45) is 8.76. The van der Waals surface area contributed by atoms with Crippen molar-refractivity contribution >= 4 is 5.91 Å². The highest BCUT2D eigenvalue weighted by Crippen LogP contribution is 2.30. The third-order valence-electron chi connectivity index (χ3n) is 4.29. The lowest BCUT2D eigenvalue weighted by atomic mass is 10.0. The molecule has 1 unspecified atom stereocenters. The number of hydrogen-bond acceptors (Lipinski definition) is 3. The molecule has 0 bridgehead atoms. The van der Waals surface area contributed by atoms with Crippen LogP contribution >= 0.6 is 0 Å². The van der Waals surface area contributed by atoms with E-state index >= 15 is 0 Å². The first-order chi connectivity index (χ1) is 9.33. The van der Waals surface area contributed by atoms with Gasteiger partial charge in [0.25, 0.3) is 0 Å². The van der Waals surface area contributed by atoms with Crippen LogP contribution in [0.15, 0.2) is 0 Å². The van der Waals surface area contributed by atoms with E-state index in [0.29, 0.717) is 18.6 Å². The Morgan fingerprint density at radius 1 is 1.26 bits per heavy atom. The quantitative estimate of drug-likeness (QED) is 0.686. The van der Waals surface area contributed by atoms with Crippen molar-refractivity contribution in [3.05, 3.63) is 0 Å². The first kappa shape index (κ1) is 14.8. The minimum atomic E-state index is 0.269. The number of ether oxygens (including phenoxy) is 1. The van der Waals surface area contributed by atoms with E-state index in [1.807, 2.05) is 0 Å². The Morgan fingerprint density at radius 3 is 2.74 bits per heavy atom. The summed E-state index contributed by atoms with van der Waals surface area (Å²) in [4.78, 5) is 14.0. The summed E-state index contributed by atoms with van der Waals surface area (Å²) in [6, 6.07) is 0. The molecule has 4 heteroatoms. The van der Waals surface area contributed by atoms with Gasteiger partial charge in [-0.25, -0.2) is 0 Å². The van der Waals surface area contributed by atoms with E-state index in [0.717, 1.165) is 32.6 Å². The Balaban J connectivity index is 1.68. The van der Waals surface area contributed by atoms with Crippen LogP contribution in [0, 0.1) is 5.92 Å². The zero-order valence-electron chi connectivity index (χ0n) is 12.2. The second kappa shape index (κ2) is 7.85. The van der Waals surface area contributed by atoms with Crippen molar-refractivity contribution in [3.63, 3.8) is 0 Å². The molecule has 0 aromatic heterocycles. The van der Waals surface area contributed by atoms with Gasteiger partial charge in [-0.1, -0.05) is 26.2 Å². The van der Waals surface area contributed by atoms with Gasteiger partial charge in [0.15, 0.2) is 0 Å². The Labute approximate surface area is 116 Å². The van der Waals surface area contributed by atoms with Crippen molar-refractivity contribution in [2.75, 3.05) is 26.3 Å². The Bertz CT molecular complexity index is 277. The van der Waals surface area contributed by atoms with E-state index in [1.54, 1.807) is 0 Å². The van der Waals surface area contributed by atoms with Crippen molar-refractivity contribution in [2.24, 2.45) is 5.92 Å². The molecular weight excluding hydrogens is 240 g/mol. The molecule has 19 heavy (non-hydrogen) atoms. The highest BCUT2D eigenvalue weighted by molar-refractivity contribution is 5.80. The summed E-state index contributed by atoms with van der Waals surface area (Å²) in [5.41, 5.74) is 0. The molecule has 110 valence electrons. The molecule has 2 rings (SSSR count). The molecule has 1 saturated heterocycles. The average molecular weight is 268 g/mol. The molecule has 1 aliphatic heterocycles. The average Bonchev–Trinajstić information content (AvgIpc) is 3.04. The summed E-state index contributed by atoms with van der Waals surface area (Å²) in [7, 11) is 0. The van der Waals surface area contributed by atoms with Gasteiger partial charge in [0.05, 0.1) is 12.7 Å². The molecule has 2 aliphatic rings. The molecule has 1 saturated carbocycles. The Morgan fingerprint density at radius 2 is 2.00 bits per heavy atom. The molecular formula is C15H28N2O2. The summed E-state index contributed by atoms with van der Waals surface area (Å²) in [6.45, 7) is 5.18. The molecule has 1 atom stereocenters. The lowest BCUT2D eigenvalue weighted by molar-refractivity contribution is -0.128. The second-order valence-corrected chi connectivity index (χ2v) is 5.78. The van der Waals surface area contributed by atoms with Gasteiger partial charge in [-0.15, -0.1) is 0 Å². The van der Waals surface area contributed by atoms with Gasteiger partial charge in [-0.05, 0) is 31.6 Å². The summed E-state index contributed by atoms with van der Waals surface area (Å²) >= 11 is 0. The maximum absolute atomic E-state index is 11.9. The SMILES string of the molecule is CCCCOCCCN1C(=O)CNC1C1CCCC1. The van der Waals surface area contributed by atoms with Gasteiger partial charge in [-0.2, -0.15) is 0 Å². The smallest absolute Gasteiger partial charge is 0.237 e. The number of carbonyl (C=O) groups is 1. The first-order valence-electron chi connectivity index (χ1n) is 7.93. The molecule has 0 spiro atoms. The predicted molar refractivity (Wildman–Crippen MR) is 75.8 cm³/mol. The predicted octanol–water partition coefficient (Wildman–Crippen LogP) is 2.14. The van der Waals surface area contributed by atoms with Crippen LogP contribution < -0.4 is 5.32 Å². The van der Waals surface area contributed by atoms with E-state index < -0.39 is 0 Å². The molecule has 0 aromatic rings. The van der Waals surface area contributed by atoms with Crippen molar-refractivity contribution in [2.45, 2.75) is 58.0 Å². The Hall–Kier alpha value is -0.610. The van der Waals surface area contributed by atoms with E-state index in [9.17, 15) is 4.79 Å². The van der Waals surface area contributed by atoms with Gasteiger partial charge in [0.1, 0.15) is 0 Å². The van der Waals surface area contributed by atoms with Crippen molar-refractivity contribution in [1.29, 1.82) is 0 Å². The van der Waals surface area contributed by atoms with Crippen LogP contribution in [0.25, 0.3) is 0 Å². The maximum Gasteiger partial charge on any atom is 0.237 e. The summed E-state index contributed by atoms with van der Waals surface area (Å²) in [5.74, 6) is 0.943. The van der Waals surface area contributed by atoms with Gasteiger partial charge in [0.2, 0.25) is 5.91 Å². The third kappa shape index (κ3) is 4.18. The van der Waals surface area contributed by atoms with Crippen LogP contribution in [0.5, 0.6) is 0 Å². The largest absolute Gasteiger partial charge is 0.381 e. The van der Waals surface area contributed by atoms with E-state index in [4.69, 9.17) is 4.74 Å². The van der Waals surface area contributed by atoms with Crippen molar-refractivity contribution in [3.8, 4) is 0 Å². The number of rotatable bonds is 8. The fourth-order valence-corrected chi connectivity index (χ4v) is 3.20. The molecule has 0 radical (unpaired) electrons. The molecule has 1 heterocycles. The van der Waals surface area contributed by atoms with Gasteiger partial charge >= 0.3 is 0 Å². The fourth-order valence-electron chi connectivity index (χ4n) is 3.20. The monoisotopic (exact) mass is 268 g/mol. The van der Waals surface area contributed by atoms with E-state index in [2.05, 4.69) is 17.1 Å². The minimum Gasteiger partial charge on any atom is -0.381 e. The lowest BCUT2D eigenvalue weighted by Gasteiger charge is -2.29. The van der Waals surface area contributed by atoms with Crippen LogP contribution in [0.3, 0.4) is 0 Å². The fraction of sp³-hybridized carbons (Fsp3) is 0.933. The van der Waals surface area contributed by atoms with Crippen LogP contribution in [0.2, 0.25) is 0 Å². The number of nitrogens with zero attached hydrogens (tertiary/aromatic N) is 1. The van der Waals surface area contributed by atoms with Crippen LogP contribution in [-0.4, -0.2) is 43.3 Å². The van der Waals surface area contributed by atoms with Gasteiger partial charge in [-0.3, -0.25) is 10.1 Å². The topological polar surface area (TPSA) is 41.6 Å². The number of carbonyl (C=O) groups excluding carboxylic acids is 1. The van der Waals surface area contributed by atoms with Crippen LogP contribution in [-0.2, 0) is 9.53 Å². The van der Waals surface area contributed by atoms with E-state index in [1.165, 1.54) is 32.1 Å². The normalized spacial score (nSPS) is 24.6. The zero-order chi connectivity index (χ0) is 13.5. The van der Waals surface area contributed by atoms with Gasteiger partial charge in [0, 0.05) is 19.8 Å². The van der Waals surface area contributed by atoms with Gasteiger partial charge < -0.3 is 9.64 Å². The first-order valence-corrected chi connectivity index (χ1v) is 7.93. The molecule has 2 fully saturated rings. The maximum atomic E-state index is 11.9. The molecule has 1 aliphatic carbocycles. The summed E-state index contributed by atoms with van der Waals surface area (Å²) in [5, 5.41) is 3.40. The molecule has 0 aromatic carbocycles. The number of unbranched alkanes of at least 4 members (excludes halogenated alkanes) is 1. The highest BCUT2D eigenvalue weighted by Gasteiger charge is 2.36. The number of hydrogen-bond donors (Lipinski definition) is 1. The second-order valence-electron chi connectivity index (χ2n) is 5.78. The molecule has 1 N–H and O–H groups in total. The van der Waals surface area contributed by atoms with Crippen LogP contribution in [0.4, 0.5) is 0 Å². The Kier molecular flexibility index (Phi) is 6.11. The lowest BCUT2D eigenvalue weighted by Crippen LogP contribution is -2.43. The minimum absolute atomic E-state index is 0.269. The van der Waals surface area contributed by atoms with Crippen LogP contribution in [0.1, 0.15) is 51.9 Å². The standard InChI is InChI=1S/C15H28N2O2/c1-2-3-10-19-11-6-9-17-14(18)12-16-15(17)13-7-4-5-8-13/h13,15-16H,2-12H2,1H3. The molecule has 4 nitrogen and oxygen atoms in total. The highest BCUT2D eigenvalue weighted by atomic mass is 16.5. The zero-order valence-corrected chi connectivity index (χ0v) is 12.2. The number of nitrogens with one attached hydrogen (secondary N) is 1. The van der Waals surface area contributed by atoms with Crippen molar-refractivity contribution < 1.29 is 9.53 Å².